The molecular weight excluding hydrogens is 418 g/mol. The number of nitrogens with zero attached hydrogens (tertiary/aromatic N) is 4. The summed E-state index contributed by atoms with van der Waals surface area (Å²) in [6.07, 6.45) is 3.44. The van der Waals surface area contributed by atoms with Crippen LogP contribution in [0.1, 0.15) is 5.56 Å². The van der Waals surface area contributed by atoms with E-state index in [2.05, 4.69) is 20.5 Å². The van der Waals surface area contributed by atoms with Crippen molar-refractivity contribution in [2.24, 2.45) is 0 Å². The fourth-order valence-electron chi connectivity index (χ4n) is 2.84. The third-order valence-electron chi connectivity index (χ3n) is 4.30. The Bertz CT molecular complexity index is 1120. The van der Waals surface area contributed by atoms with E-state index in [1.54, 1.807) is 12.4 Å². The Morgan fingerprint density at radius 3 is 2.53 bits per heavy atom. The van der Waals surface area contributed by atoms with E-state index >= 15 is 0 Å². The van der Waals surface area contributed by atoms with Crippen LogP contribution in [-0.4, -0.2) is 31.4 Å². The van der Waals surface area contributed by atoms with E-state index in [9.17, 15) is 4.79 Å². The highest BCUT2D eigenvalue weighted by Crippen LogP contribution is 2.28. The largest absolute Gasteiger partial charge is 0.351 e. The van der Waals surface area contributed by atoms with E-state index in [0.717, 1.165) is 16.8 Å². The number of rotatable bonds is 7. The summed E-state index contributed by atoms with van der Waals surface area (Å²) in [5.74, 6) is 0.835. The molecular formula is C22H18ClN5OS. The quantitative estimate of drug-likeness (QED) is 0.436. The molecule has 2 aromatic carbocycles. The Hall–Kier alpha value is -3.16. The molecule has 0 aliphatic heterocycles. The number of thioether (sulfide) groups is 1. The first kappa shape index (κ1) is 20.1. The molecule has 0 atom stereocenters. The third-order valence-corrected chi connectivity index (χ3v) is 5.48. The van der Waals surface area contributed by atoms with Crippen LogP contribution in [0, 0.1) is 0 Å². The van der Waals surface area contributed by atoms with Gasteiger partial charge in [0, 0.05) is 35.2 Å². The molecule has 4 aromatic rings. The van der Waals surface area contributed by atoms with Crippen molar-refractivity contribution < 1.29 is 4.79 Å². The molecule has 0 saturated heterocycles. The third kappa shape index (κ3) is 4.87. The van der Waals surface area contributed by atoms with E-state index in [0.29, 0.717) is 22.5 Å². The van der Waals surface area contributed by atoms with Crippen molar-refractivity contribution in [1.82, 2.24) is 25.1 Å². The van der Waals surface area contributed by atoms with Crippen LogP contribution in [0.15, 0.2) is 84.3 Å². The smallest absolute Gasteiger partial charge is 0.230 e. The minimum atomic E-state index is -0.0838. The van der Waals surface area contributed by atoms with Crippen LogP contribution in [-0.2, 0) is 11.3 Å². The maximum absolute atomic E-state index is 12.3. The number of benzene rings is 2. The Morgan fingerprint density at radius 2 is 1.80 bits per heavy atom. The van der Waals surface area contributed by atoms with Gasteiger partial charge in [-0.2, -0.15) is 0 Å². The Balaban J connectivity index is 1.53. The maximum atomic E-state index is 12.3. The van der Waals surface area contributed by atoms with Crippen molar-refractivity contribution >= 4 is 29.3 Å². The molecule has 1 N–H and O–H groups in total. The molecule has 0 spiro atoms. The molecule has 0 bridgehead atoms. The lowest BCUT2D eigenvalue weighted by atomic mass is 10.2. The van der Waals surface area contributed by atoms with Gasteiger partial charge < -0.3 is 5.32 Å². The summed E-state index contributed by atoms with van der Waals surface area (Å²) in [6, 6.07) is 21.0. The van der Waals surface area contributed by atoms with E-state index in [1.165, 1.54) is 11.8 Å². The van der Waals surface area contributed by atoms with Crippen LogP contribution < -0.4 is 5.32 Å². The fraction of sp³-hybridized carbons (Fsp3) is 0.0909. The van der Waals surface area contributed by atoms with Gasteiger partial charge in [0.2, 0.25) is 5.91 Å². The van der Waals surface area contributed by atoms with Gasteiger partial charge in [-0.25, -0.2) is 0 Å². The minimum absolute atomic E-state index is 0.0838. The number of carbonyl (C=O) groups is 1. The average Bonchev–Trinajstić information content (AvgIpc) is 3.22. The fourth-order valence-corrected chi connectivity index (χ4v) is 3.75. The van der Waals surface area contributed by atoms with Crippen molar-refractivity contribution in [2.75, 3.05) is 5.75 Å². The molecule has 30 heavy (non-hydrogen) atoms. The molecule has 0 fully saturated rings. The Kier molecular flexibility index (Phi) is 6.41. The number of carbonyl (C=O) groups excluding carboxylic acids is 1. The number of amides is 1. The molecule has 6 nitrogen and oxygen atoms in total. The lowest BCUT2D eigenvalue weighted by Crippen LogP contribution is -2.24. The van der Waals surface area contributed by atoms with Gasteiger partial charge in [0.1, 0.15) is 0 Å². The zero-order chi connectivity index (χ0) is 20.8. The molecule has 0 aliphatic carbocycles. The van der Waals surface area contributed by atoms with E-state index in [4.69, 9.17) is 11.6 Å². The van der Waals surface area contributed by atoms with E-state index in [-0.39, 0.29) is 11.7 Å². The topological polar surface area (TPSA) is 72.7 Å². The monoisotopic (exact) mass is 435 g/mol. The standard InChI is InChI=1S/C22H18ClN5OS/c23-18-10-8-17(9-11-18)21-26-27-22(28(21)19-6-2-1-3-7-19)30-15-20(29)25-14-16-5-4-12-24-13-16/h1-13H,14-15H2,(H,25,29). The van der Waals surface area contributed by atoms with Gasteiger partial charge in [-0.1, -0.05) is 47.6 Å². The Labute approximate surface area is 183 Å². The first-order chi connectivity index (χ1) is 14.7. The minimum Gasteiger partial charge on any atom is -0.351 e. The summed E-state index contributed by atoms with van der Waals surface area (Å²) in [5.41, 5.74) is 2.77. The zero-order valence-electron chi connectivity index (χ0n) is 15.9. The van der Waals surface area contributed by atoms with Gasteiger partial charge >= 0.3 is 0 Å². The first-order valence-corrected chi connectivity index (χ1v) is 10.6. The normalized spacial score (nSPS) is 10.7. The van der Waals surface area contributed by atoms with Crippen molar-refractivity contribution in [1.29, 1.82) is 0 Å². The second-order valence-electron chi connectivity index (χ2n) is 6.41. The predicted molar refractivity (Wildman–Crippen MR) is 119 cm³/mol. The van der Waals surface area contributed by atoms with Crippen molar-refractivity contribution in [3.63, 3.8) is 0 Å². The van der Waals surface area contributed by atoms with Crippen molar-refractivity contribution in [2.45, 2.75) is 11.7 Å². The van der Waals surface area contributed by atoms with Crippen LogP contribution in [0.25, 0.3) is 17.1 Å². The molecule has 4 rings (SSSR count). The highest BCUT2D eigenvalue weighted by molar-refractivity contribution is 7.99. The van der Waals surface area contributed by atoms with Gasteiger partial charge in [0.25, 0.3) is 0 Å². The average molecular weight is 436 g/mol. The second-order valence-corrected chi connectivity index (χ2v) is 7.79. The molecule has 0 aliphatic rings. The highest BCUT2D eigenvalue weighted by atomic mass is 35.5. The molecule has 0 saturated carbocycles. The van der Waals surface area contributed by atoms with Crippen LogP contribution in [0.2, 0.25) is 5.02 Å². The second kappa shape index (κ2) is 9.56. The number of hydrogen-bond donors (Lipinski definition) is 1. The lowest BCUT2D eigenvalue weighted by Gasteiger charge is -2.10. The number of halogens is 1. The molecule has 0 radical (unpaired) electrons. The Morgan fingerprint density at radius 1 is 1.00 bits per heavy atom. The lowest BCUT2D eigenvalue weighted by molar-refractivity contribution is -0.118. The van der Waals surface area contributed by atoms with Crippen LogP contribution in [0.3, 0.4) is 0 Å². The van der Waals surface area contributed by atoms with Gasteiger partial charge in [-0.05, 0) is 48.0 Å². The molecule has 150 valence electrons. The van der Waals surface area contributed by atoms with Crippen molar-refractivity contribution in [3.05, 3.63) is 89.7 Å². The predicted octanol–water partition coefficient (Wildman–Crippen LogP) is 4.39. The molecule has 2 aromatic heterocycles. The van der Waals surface area contributed by atoms with Crippen LogP contribution >= 0.6 is 23.4 Å². The molecule has 8 heteroatoms. The summed E-state index contributed by atoms with van der Waals surface area (Å²) in [5, 5.41) is 12.9. The summed E-state index contributed by atoms with van der Waals surface area (Å²) in [6.45, 7) is 0.439. The first-order valence-electron chi connectivity index (χ1n) is 9.26. The number of para-hydroxylation sites is 1. The summed E-state index contributed by atoms with van der Waals surface area (Å²) < 4.78 is 1.95. The number of aromatic nitrogens is 4. The van der Waals surface area contributed by atoms with Gasteiger partial charge in [-0.3, -0.25) is 14.3 Å². The van der Waals surface area contributed by atoms with Gasteiger partial charge in [0.05, 0.1) is 5.75 Å². The summed E-state index contributed by atoms with van der Waals surface area (Å²) in [7, 11) is 0. The summed E-state index contributed by atoms with van der Waals surface area (Å²) in [4.78, 5) is 16.4. The molecule has 1 amide bonds. The summed E-state index contributed by atoms with van der Waals surface area (Å²) >= 11 is 7.36. The number of nitrogens with one attached hydrogen (secondary N) is 1. The number of hydrogen-bond acceptors (Lipinski definition) is 5. The maximum Gasteiger partial charge on any atom is 0.230 e. The molecule has 2 heterocycles. The van der Waals surface area contributed by atoms with E-state index < -0.39 is 0 Å². The highest BCUT2D eigenvalue weighted by Gasteiger charge is 2.17. The SMILES string of the molecule is O=C(CSc1nnc(-c2ccc(Cl)cc2)n1-c1ccccc1)NCc1cccnc1. The van der Waals surface area contributed by atoms with Crippen LogP contribution in [0.4, 0.5) is 0 Å². The van der Waals surface area contributed by atoms with E-state index in [1.807, 2.05) is 71.3 Å². The number of pyridine rings is 1. The van der Waals surface area contributed by atoms with Crippen molar-refractivity contribution in [3.8, 4) is 17.1 Å². The van der Waals surface area contributed by atoms with Gasteiger partial charge in [0.15, 0.2) is 11.0 Å². The van der Waals surface area contributed by atoms with Gasteiger partial charge in [-0.15, -0.1) is 10.2 Å². The molecule has 0 unspecified atom stereocenters. The van der Waals surface area contributed by atoms with Crippen LogP contribution in [0.5, 0.6) is 0 Å². The zero-order valence-corrected chi connectivity index (χ0v) is 17.5.